The van der Waals surface area contributed by atoms with Crippen LogP contribution in [0.5, 0.6) is 0 Å². The maximum atomic E-state index is 11.7. The van der Waals surface area contributed by atoms with Gasteiger partial charge in [-0.3, -0.25) is 0 Å². The summed E-state index contributed by atoms with van der Waals surface area (Å²) in [5.74, 6) is 0. The zero-order chi connectivity index (χ0) is 13.8. The van der Waals surface area contributed by atoms with Gasteiger partial charge < -0.3 is 9.47 Å². The van der Waals surface area contributed by atoms with E-state index in [0.717, 1.165) is 30.6 Å². The Balaban J connectivity index is 4.16. The Bertz CT molecular complexity index is 221. The molecule has 0 aromatic carbocycles. The first kappa shape index (κ1) is 16.7. The van der Waals surface area contributed by atoms with Gasteiger partial charge in [-0.15, -0.1) is 0 Å². The molecule has 0 rings (SSSR count). The third kappa shape index (κ3) is 7.14. The molecule has 18 heavy (non-hydrogen) atoms. The largest absolute Gasteiger partial charge is 0.449 e. The predicted octanol–water partition coefficient (Wildman–Crippen LogP) is 3.57. The van der Waals surface area contributed by atoms with E-state index in [2.05, 4.69) is 0 Å². The average Bonchev–Trinajstić information content (AvgIpc) is 2.36. The molecule has 5 nitrogen and oxygen atoms in total. The number of carbonyl (C=O) groups excluding carboxylic acids is 2. The van der Waals surface area contributed by atoms with Crippen LogP contribution in [-0.2, 0) is 9.47 Å². The summed E-state index contributed by atoms with van der Waals surface area (Å²) in [6.45, 7) is 6.93. The fourth-order valence-electron chi connectivity index (χ4n) is 1.24. The zero-order valence-electron chi connectivity index (χ0n) is 11.7. The van der Waals surface area contributed by atoms with E-state index in [9.17, 15) is 9.59 Å². The summed E-state index contributed by atoms with van der Waals surface area (Å²) >= 11 is 0. The van der Waals surface area contributed by atoms with E-state index in [4.69, 9.17) is 9.47 Å². The van der Waals surface area contributed by atoms with E-state index < -0.39 is 12.2 Å². The maximum absolute atomic E-state index is 11.7. The first-order valence-corrected chi connectivity index (χ1v) is 6.78. The molecule has 0 bridgehead atoms. The topological polar surface area (TPSA) is 55.8 Å². The van der Waals surface area contributed by atoms with Crippen molar-refractivity contribution in [2.24, 2.45) is 0 Å². The van der Waals surface area contributed by atoms with Gasteiger partial charge in [-0.2, -0.15) is 0 Å². The van der Waals surface area contributed by atoms with Crippen molar-refractivity contribution in [3.05, 3.63) is 0 Å². The van der Waals surface area contributed by atoms with E-state index in [1.807, 2.05) is 20.8 Å². The standard InChI is InChI=1S/C13H25NO4/c1-4-7-10-17-12(15)14(9-6-3)13(16)18-11-8-5-2/h4-11H2,1-3H3. The van der Waals surface area contributed by atoms with Gasteiger partial charge in [-0.1, -0.05) is 33.6 Å². The van der Waals surface area contributed by atoms with Crippen LogP contribution < -0.4 is 0 Å². The molecule has 0 aliphatic heterocycles. The highest BCUT2D eigenvalue weighted by Gasteiger charge is 2.23. The summed E-state index contributed by atoms with van der Waals surface area (Å²) in [4.78, 5) is 24.4. The molecule has 2 amide bonds. The highest BCUT2D eigenvalue weighted by Crippen LogP contribution is 2.03. The lowest BCUT2D eigenvalue weighted by molar-refractivity contribution is 0.0753. The van der Waals surface area contributed by atoms with E-state index in [1.54, 1.807) is 0 Å². The molecule has 106 valence electrons. The molecule has 0 aliphatic rings. The summed E-state index contributed by atoms with van der Waals surface area (Å²) in [6.07, 6.45) is 2.97. The summed E-state index contributed by atoms with van der Waals surface area (Å²) in [7, 11) is 0. The van der Waals surface area contributed by atoms with Crippen LogP contribution >= 0.6 is 0 Å². The number of carbonyl (C=O) groups is 2. The van der Waals surface area contributed by atoms with Gasteiger partial charge in [0.1, 0.15) is 0 Å². The lowest BCUT2D eigenvalue weighted by Gasteiger charge is -2.19. The minimum absolute atomic E-state index is 0.329. The monoisotopic (exact) mass is 259 g/mol. The van der Waals surface area contributed by atoms with Gasteiger partial charge in [0.2, 0.25) is 0 Å². The van der Waals surface area contributed by atoms with Crippen LogP contribution in [-0.4, -0.2) is 36.8 Å². The molecule has 0 spiro atoms. The fourth-order valence-corrected chi connectivity index (χ4v) is 1.24. The van der Waals surface area contributed by atoms with Crippen LogP contribution in [0.25, 0.3) is 0 Å². The SMILES string of the molecule is CCCCOC(=O)N(CCC)C(=O)OCCCC. The number of hydrogen-bond acceptors (Lipinski definition) is 4. The minimum Gasteiger partial charge on any atom is -0.449 e. The molecule has 5 heteroatoms. The summed E-state index contributed by atoms with van der Waals surface area (Å²) in [5, 5.41) is 0. The average molecular weight is 259 g/mol. The molecule has 0 aromatic rings. The van der Waals surface area contributed by atoms with Gasteiger partial charge in [0.05, 0.1) is 13.2 Å². The molecule has 0 saturated heterocycles. The van der Waals surface area contributed by atoms with Gasteiger partial charge >= 0.3 is 12.2 Å². The highest BCUT2D eigenvalue weighted by molar-refractivity contribution is 5.87. The summed E-state index contributed by atoms with van der Waals surface area (Å²) in [5.41, 5.74) is 0. The van der Waals surface area contributed by atoms with E-state index in [0.29, 0.717) is 26.2 Å². The molecule has 0 heterocycles. The Kier molecular flexibility index (Phi) is 10.1. The molecule has 0 fully saturated rings. The number of ether oxygens (including phenoxy) is 2. The van der Waals surface area contributed by atoms with Crippen LogP contribution in [0.2, 0.25) is 0 Å². The van der Waals surface area contributed by atoms with E-state index >= 15 is 0 Å². The molecule has 0 saturated carbocycles. The Hall–Kier alpha value is -1.26. The summed E-state index contributed by atoms with van der Waals surface area (Å²) in [6, 6.07) is 0. The number of imide groups is 1. The molecule has 0 unspecified atom stereocenters. The quantitative estimate of drug-likeness (QED) is 0.625. The van der Waals surface area contributed by atoms with E-state index in [1.165, 1.54) is 0 Å². The smallest absolute Gasteiger partial charge is 0.419 e. The predicted molar refractivity (Wildman–Crippen MR) is 69.5 cm³/mol. The lowest BCUT2D eigenvalue weighted by Crippen LogP contribution is -2.38. The van der Waals surface area contributed by atoms with Crippen molar-refractivity contribution in [2.75, 3.05) is 19.8 Å². The first-order valence-electron chi connectivity index (χ1n) is 6.78. The number of rotatable bonds is 8. The van der Waals surface area contributed by atoms with Crippen molar-refractivity contribution in [1.82, 2.24) is 4.90 Å². The molecule has 0 aromatic heterocycles. The first-order chi connectivity index (χ1) is 8.67. The Morgan fingerprint density at radius 2 is 1.28 bits per heavy atom. The van der Waals surface area contributed by atoms with Gasteiger partial charge in [-0.25, -0.2) is 14.5 Å². The van der Waals surface area contributed by atoms with Crippen molar-refractivity contribution in [3.8, 4) is 0 Å². The molecular formula is C13H25NO4. The Labute approximate surface area is 109 Å². The maximum Gasteiger partial charge on any atom is 0.419 e. The minimum atomic E-state index is -0.605. The fraction of sp³-hybridized carbons (Fsp3) is 0.846. The van der Waals surface area contributed by atoms with Crippen molar-refractivity contribution in [1.29, 1.82) is 0 Å². The second-order valence-corrected chi connectivity index (χ2v) is 4.09. The molecular weight excluding hydrogens is 234 g/mol. The van der Waals surface area contributed by atoms with Crippen molar-refractivity contribution < 1.29 is 19.1 Å². The van der Waals surface area contributed by atoms with E-state index in [-0.39, 0.29) is 0 Å². The van der Waals surface area contributed by atoms with Crippen LogP contribution in [0.15, 0.2) is 0 Å². The lowest BCUT2D eigenvalue weighted by atomic mass is 10.4. The molecule has 0 N–H and O–H groups in total. The van der Waals surface area contributed by atoms with Crippen molar-refractivity contribution >= 4 is 12.2 Å². The van der Waals surface area contributed by atoms with Crippen molar-refractivity contribution in [3.63, 3.8) is 0 Å². The third-order valence-corrected chi connectivity index (χ3v) is 2.33. The Morgan fingerprint density at radius 3 is 1.61 bits per heavy atom. The van der Waals surface area contributed by atoms with Crippen LogP contribution in [0.3, 0.4) is 0 Å². The third-order valence-electron chi connectivity index (χ3n) is 2.33. The molecule has 0 atom stereocenters. The number of hydrogen-bond donors (Lipinski definition) is 0. The van der Waals surface area contributed by atoms with Crippen LogP contribution in [0.1, 0.15) is 52.9 Å². The second-order valence-electron chi connectivity index (χ2n) is 4.09. The van der Waals surface area contributed by atoms with Gasteiger partial charge in [0, 0.05) is 6.54 Å². The normalized spacial score (nSPS) is 9.94. The number of amides is 2. The highest BCUT2D eigenvalue weighted by atomic mass is 16.6. The van der Waals surface area contributed by atoms with Crippen LogP contribution in [0, 0.1) is 0 Å². The molecule has 0 aliphatic carbocycles. The van der Waals surface area contributed by atoms with Crippen LogP contribution in [0.4, 0.5) is 9.59 Å². The second kappa shape index (κ2) is 10.9. The number of nitrogens with zero attached hydrogens (tertiary/aromatic N) is 1. The molecule has 0 radical (unpaired) electrons. The van der Waals surface area contributed by atoms with Gasteiger partial charge in [0.25, 0.3) is 0 Å². The summed E-state index contributed by atoms with van der Waals surface area (Å²) < 4.78 is 10.0. The Morgan fingerprint density at radius 1 is 0.833 bits per heavy atom. The van der Waals surface area contributed by atoms with Gasteiger partial charge in [0.15, 0.2) is 0 Å². The zero-order valence-corrected chi connectivity index (χ0v) is 11.7. The van der Waals surface area contributed by atoms with Gasteiger partial charge in [-0.05, 0) is 19.3 Å². The van der Waals surface area contributed by atoms with Crippen molar-refractivity contribution in [2.45, 2.75) is 52.9 Å². The number of unbranched alkanes of at least 4 members (excludes halogenated alkanes) is 2.